The van der Waals surface area contributed by atoms with Crippen molar-refractivity contribution in [2.75, 3.05) is 0 Å². The predicted molar refractivity (Wildman–Crippen MR) is 189 cm³/mol. The number of rotatable bonds is 13. The summed E-state index contributed by atoms with van der Waals surface area (Å²) in [7, 11) is -3.48. The summed E-state index contributed by atoms with van der Waals surface area (Å²) in [6.45, 7) is 29.0. The highest BCUT2D eigenvalue weighted by Crippen LogP contribution is 2.40. The van der Waals surface area contributed by atoms with Crippen LogP contribution < -0.4 is 5.32 Å². The van der Waals surface area contributed by atoms with Crippen LogP contribution in [0.3, 0.4) is 0 Å². The molecule has 0 fully saturated rings. The molecule has 1 N–H and O–H groups in total. The summed E-state index contributed by atoms with van der Waals surface area (Å²) in [5.41, 5.74) is 3.86. The smallest absolute Gasteiger partial charge is 0.217 e. The highest BCUT2D eigenvalue weighted by molar-refractivity contribution is 9.11. The lowest BCUT2D eigenvalue weighted by atomic mass is 9.71. The van der Waals surface area contributed by atoms with Crippen molar-refractivity contribution in [2.45, 2.75) is 144 Å². The van der Waals surface area contributed by atoms with Crippen LogP contribution in [-0.4, -0.2) is 34.4 Å². The van der Waals surface area contributed by atoms with Crippen LogP contribution in [0.4, 0.5) is 0 Å². The Hall–Kier alpha value is -0.876. The minimum Gasteiger partial charge on any atom is -0.412 e. The number of halogens is 1. The van der Waals surface area contributed by atoms with Crippen molar-refractivity contribution in [3.05, 3.63) is 34.9 Å². The maximum Gasteiger partial charge on any atom is 0.217 e. The molecule has 0 aromatic carbocycles. The van der Waals surface area contributed by atoms with E-state index in [1.807, 2.05) is 0 Å². The predicted octanol–water partition coefficient (Wildman–Crippen LogP) is 10.4. The second kappa shape index (κ2) is 16.3. The maximum atomic E-state index is 11.9. The lowest BCUT2D eigenvalue weighted by Crippen LogP contribution is -2.52. The molecule has 6 heteroatoms. The minimum atomic E-state index is -2.00. The fraction of sp³-hybridized carbons (Fsp3) is 0.743. The molecule has 1 aliphatic rings. The van der Waals surface area contributed by atoms with E-state index in [-0.39, 0.29) is 28.5 Å². The van der Waals surface area contributed by atoms with Gasteiger partial charge in [-0.25, -0.2) is 0 Å². The van der Waals surface area contributed by atoms with Crippen molar-refractivity contribution in [3.8, 4) is 11.5 Å². The number of hydrogen-bond donors (Lipinski definition) is 1. The molecule has 0 radical (unpaired) electrons. The van der Waals surface area contributed by atoms with Gasteiger partial charge in [-0.15, -0.1) is 11.5 Å². The normalized spacial score (nSPS) is 23.5. The molecule has 1 amide bonds. The highest BCUT2D eigenvalue weighted by atomic mass is 79.9. The first-order valence-electron chi connectivity index (χ1n) is 16.1. The molecule has 0 saturated heterocycles. The summed E-state index contributed by atoms with van der Waals surface area (Å²) >= 11 is 3.87. The zero-order valence-corrected chi connectivity index (χ0v) is 32.3. The van der Waals surface area contributed by atoms with Gasteiger partial charge in [0.15, 0.2) is 8.32 Å². The zero-order chi connectivity index (χ0) is 31.6. The molecule has 0 aromatic rings. The number of allylic oxidation sites excluding steroid dienone is 6. The van der Waals surface area contributed by atoms with Gasteiger partial charge in [-0.1, -0.05) is 102 Å². The van der Waals surface area contributed by atoms with E-state index in [2.05, 4.69) is 145 Å². The first-order valence-corrected chi connectivity index (χ1v) is 22.4. The van der Waals surface area contributed by atoms with Gasteiger partial charge in [0.1, 0.15) is 8.07 Å². The number of carbonyl (C=O) groups is 1. The largest absolute Gasteiger partial charge is 0.412 e. The van der Waals surface area contributed by atoms with Crippen molar-refractivity contribution < 1.29 is 9.22 Å². The molecule has 0 aromatic heterocycles. The van der Waals surface area contributed by atoms with Crippen LogP contribution in [0.15, 0.2) is 34.9 Å². The van der Waals surface area contributed by atoms with Gasteiger partial charge in [0.25, 0.3) is 0 Å². The maximum absolute atomic E-state index is 11.9. The van der Waals surface area contributed by atoms with Crippen molar-refractivity contribution in [3.63, 3.8) is 0 Å². The monoisotopic (exact) mass is 663 g/mol. The summed E-state index contributed by atoms with van der Waals surface area (Å²) < 4.78 is 8.03. The van der Waals surface area contributed by atoms with E-state index in [1.165, 1.54) is 18.1 Å². The molecule has 0 unspecified atom stereocenters. The first kappa shape index (κ1) is 38.1. The second-order valence-corrected chi connectivity index (χ2v) is 25.0. The Kier molecular flexibility index (Phi) is 15.1. The summed E-state index contributed by atoms with van der Waals surface area (Å²) in [6, 6.07) is 3.69. The molecule has 0 heterocycles. The first-order chi connectivity index (χ1) is 18.8. The van der Waals surface area contributed by atoms with Gasteiger partial charge in [-0.2, -0.15) is 0 Å². The zero-order valence-electron chi connectivity index (χ0n) is 28.7. The molecular formula is C35H62BrNO2Si2. The summed E-state index contributed by atoms with van der Waals surface area (Å²) in [5.74, 6) is 4.81. The molecule has 41 heavy (non-hydrogen) atoms. The van der Waals surface area contributed by atoms with Crippen LogP contribution in [0.1, 0.15) is 95.4 Å². The molecule has 6 atom stereocenters. The Morgan fingerprint density at radius 3 is 2.27 bits per heavy atom. The van der Waals surface area contributed by atoms with Gasteiger partial charge in [-0.05, 0) is 81.2 Å². The lowest BCUT2D eigenvalue weighted by Gasteiger charge is -2.43. The molecular weight excluding hydrogens is 602 g/mol. The van der Waals surface area contributed by atoms with E-state index in [0.29, 0.717) is 17.8 Å². The molecule has 0 saturated carbocycles. The Morgan fingerprint density at radius 2 is 1.76 bits per heavy atom. The Morgan fingerprint density at radius 1 is 1.17 bits per heavy atom. The summed E-state index contributed by atoms with van der Waals surface area (Å²) in [4.78, 5) is 11.9. The standard InChI is InChI=1S/C35H62BrNO2Si2/c1-14-41(15-2,16-3)24-23-35(11)22-18-17-19-31(35)26-32(36)21-20-27(4)25-28(5)33(29(6)37-30(7)38)39-40(12,13)34(8,9)10/h17,19-21,26-29,31,33H,14-16,18,22,25H2,1-13H3,(H,37,38)/b21-20+,32-26-/t27-,28+,29-,31-,33+,35+/m1/s1. The van der Waals surface area contributed by atoms with Gasteiger partial charge in [0.2, 0.25) is 5.91 Å². The number of nitrogens with one attached hydrogen (secondary N) is 1. The molecule has 0 spiro atoms. The van der Waals surface area contributed by atoms with E-state index in [1.54, 1.807) is 6.92 Å². The van der Waals surface area contributed by atoms with Crippen molar-refractivity contribution in [1.29, 1.82) is 0 Å². The molecule has 1 rings (SSSR count). The van der Waals surface area contributed by atoms with Crippen LogP contribution in [0.25, 0.3) is 0 Å². The van der Waals surface area contributed by atoms with Crippen LogP contribution in [0, 0.1) is 34.6 Å². The third-order valence-corrected chi connectivity index (χ3v) is 19.7. The van der Waals surface area contributed by atoms with E-state index in [0.717, 1.165) is 23.7 Å². The third-order valence-electron chi connectivity index (χ3n) is 9.94. The van der Waals surface area contributed by atoms with Gasteiger partial charge in [-0.3, -0.25) is 4.79 Å². The van der Waals surface area contributed by atoms with Crippen LogP contribution in [0.2, 0.25) is 36.3 Å². The van der Waals surface area contributed by atoms with Crippen molar-refractivity contribution in [2.24, 2.45) is 23.2 Å². The van der Waals surface area contributed by atoms with E-state index < -0.39 is 16.4 Å². The fourth-order valence-corrected chi connectivity index (χ4v) is 10.1. The van der Waals surface area contributed by atoms with Crippen LogP contribution in [0.5, 0.6) is 0 Å². The highest BCUT2D eigenvalue weighted by Gasteiger charge is 2.41. The fourth-order valence-electron chi connectivity index (χ4n) is 5.59. The molecule has 234 valence electrons. The van der Waals surface area contributed by atoms with Gasteiger partial charge in [0, 0.05) is 22.7 Å². The Balaban J connectivity index is 3.09. The third kappa shape index (κ3) is 11.6. The number of carbonyl (C=O) groups excluding carboxylic acids is 1. The molecule has 0 bridgehead atoms. The van der Waals surface area contributed by atoms with Gasteiger partial charge >= 0.3 is 0 Å². The van der Waals surface area contributed by atoms with Crippen molar-refractivity contribution >= 4 is 38.2 Å². The molecule has 1 aliphatic carbocycles. The summed E-state index contributed by atoms with van der Waals surface area (Å²) in [6.07, 6.45) is 14.7. The van der Waals surface area contributed by atoms with E-state index in [4.69, 9.17) is 4.43 Å². The van der Waals surface area contributed by atoms with E-state index >= 15 is 0 Å². The Labute approximate surface area is 265 Å². The van der Waals surface area contributed by atoms with Crippen LogP contribution in [-0.2, 0) is 9.22 Å². The summed E-state index contributed by atoms with van der Waals surface area (Å²) in [5, 5.41) is 3.23. The topological polar surface area (TPSA) is 38.3 Å². The van der Waals surface area contributed by atoms with Crippen molar-refractivity contribution in [1.82, 2.24) is 5.32 Å². The average molecular weight is 665 g/mol. The second-order valence-electron chi connectivity index (χ2n) is 14.4. The number of hydrogen-bond acceptors (Lipinski definition) is 2. The Bertz CT molecular complexity index is 988. The lowest BCUT2D eigenvalue weighted by molar-refractivity contribution is -0.120. The average Bonchev–Trinajstić information content (AvgIpc) is 2.87. The number of amides is 1. The quantitative estimate of drug-likeness (QED) is 0.0921. The van der Waals surface area contributed by atoms with E-state index in [9.17, 15) is 4.79 Å². The van der Waals surface area contributed by atoms with Gasteiger partial charge in [0.05, 0.1) is 12.1 Å². The van der Waals surface area contributed by atoms with Gasteiger partial charge < -0.3 is 9.74 Å². The minimum absolute atomic E-state index is 0.00360. The molecule has 0 aliphatic heterocycles. The SMILES string of the molecule is CC[Si](C#C[C@]1(C)CCC=C[C@@H]1/C=C(Br)/C=C/[C@@H](C)C[C@H](C)[C@H](O[Si](C)(C)C(C)(C)C)[C@@H](C)NC(C)=O)(CC)CC. The molecule has 3 nitrogen and oxygen atoms in total. The van der Waals surface area contributed by atoms with Crippen LogP contribution >= 0.6 is 15.9 Å².